The first kappa shape index (κ1) is 15.7. The molecule has 1 N–H and O–H groups in total. The molecule has 3 nitrogen and oxygen atoms in total. The highest BCUT2D eigenvalue weighted by atomic mass is 32.2. The molecule has 118 valence electrons. The Balaban J connectivity index is 0.000000213. The molecule has 0 bridgehead atoms. The first-order chi connectivity index (χ1) is 11.2. The summed E-state index contributed by atoms with van der Waals surface area (Å²) in [5.41, 5.74) is 3.76. The zero-order valence-electron chi connectivity index (χ0n) is 12.9. The standard InChI is InChI=1S/C13H14O3S.C6H4/c1-2-17-12-10(14)8-11(16-13(12)15)9-6-4-3-5-7-9;1-2-5-4-6(5)3-1/h3-7,11,14H,2,8H2,1H3;1-4H. The van der Waals surface area contributed by atoms with Crippen LogP contribution in [-0.4, -0.2) is 16.8 Å². The van der Waals surface area contributed by atoms with Crippen molar-refractivity contribution < 1.29 is 14.6 Å². The van der Waals surface area contributed by atoms with Crippen molar-refractivity contribution in [3.63, 3.8) is 0 Å². The van der Waals surface area contributed by atoms with E-state index in [0.717, 1.165) is 11.3 Å². The van der Waals surface area contributed by atoms with Crippen molar-refractivity contribution in [2.75, 3.05) is 5.75 Å². The van der Waals surface area contributed by atoms with Crippen LogP contribution in [0.4, 0.5) is 0 Å². The van der Waals surface area contributed by atoms with Crippen LogP contribution in [0.25, 0.3) is 11.1 Å². The highest BCUT2D eigenvalue weighted by Crippen LogP contribution is 2.35. The highest BCUT2D eigenvalue weighted by molar-refractivity contribution is 8.03. The average Bonchev–Trinajstić information content (AvgIpc) is 3.17. The van der Waals surface area contributed by atoms with Gasteiger partial charge in [-0.05, 0) is 28.5 Å². The van der Waals surface area contributed by atoms with Crippen LogP contribution in [0.5, 0.6) is 0 Å². The molecule has 0 radical (unpaired) electrons. The van der Waals surface area contributed by atoms with Gasteiger partial charge in [0.2, 0.25) is 0 Å². The Hall–Kier alpha value is -2.20. The van der Waals surface area contributed by atoms with E-state index >= 15 is 0 Å². The van der Waals surface area contributed by atoms with Crippen molar-refractivity contribution in [1.29, 1.82) is 0 Å². The lowest BCUT2D eigenvalue weighted by Crippen LogP contribution is -2.20. The molecule has 23 heavy (non-hydrogen) atoms. The Morgan fingerprint density at radius 3 is 2.30 bits per heavy atom. The molecule has 0 spiro atoms. The second kappa shape index (κ2) is 6.92. The van der Waals surface area contributed by atoms with Gasteiger partial charge in [0.25, 0.3) is 0 Å². The lowest BCUT2D eigenvalue weighted by molar-refractivity contribution is -0.146. The number of benzene rings is 2. The Labute approximate surface area is 140 Å². The van der Waals surface area contributed by atoms with E-state index in [1.54, 1.807) is 0 Å². The van der Waals surface area contributed by atoms with Crippen LogP contribution in [0.3, 0.4) is 0 Å². The van der Waals surface area contributed by atoms with E-state index in [9.17, 15) is 9.90 Å². The number of hydrogen-bond donors (Lipinski definition) is 1. The van der Waals surface area contributed by atoms with Gasteiger partial charge in [0.1, 0.15) is 16.8 Å². The number of fused-ring (bicyclic) bond motifs is 1. The molecule has 1 aliphatic heterocycles. The number of carbonyl (C=O) groups is 1. The van der Waals surface area contributed by atoms with Gasteiger partial charge < -0.3 is 9.84 Å². The zero-order chi connectivity index (χ0) is 16.2. The Morgan fingerprint density at radius 1 is 1.13 bits per heavy atom. The molecule has 1 unspecified atom stereocenters. The summed E-state index contributed by atoms with van der Waals surface area (Å²) >= 11 is 1.32. The largest absolute Gasteiger partial charge is 0.511 e. The fourth-order valence-electron chi connectivity index (χ4n) is 2.43. The predicted molar refractivity (Wildman–Crippen MR) is 93.1 cm³/mol. The average molecular weight is 326 g/mol. The fourth-order valence-corrected chi connectivity index (χ4v) is 3.13. The van der Waals surface area contributed by atoms with Crippen LogP contribution < -0.4 is 0 Å². The number of carbonyl (C=O) groups excluding carboxylic acids is 1. The van der Waals surface area contributed by atoms with Gasteiger partial charge in [0.15, 0.2) is 0 Å². The summed E-state index contributed by atoms with van der Waals surface area (Å²) in [6.07, 6.45) is -0.0112. The number of thioether (sulfide) groups is 1. The first-order valence-corrected chi connectivity index (χ1v) is 8.59. The molecule has 0 saturated carbocycles. The third kappa shape index (κ3) is 3.77. The monoisotopic (exact) mass is 326 g/mol. The van der Waals surface area contributed by atoms with Crippen molar-refractivity contribution in [2.24, 2.45) is 0 Å². The van der Waals surface area contributed by atoms with Crippen molar-refractivity contribution in [3.05, 3.63) is 70.8 Å². The molecule has 0 amide bonds. The maximum Gasteiger partial charge on any atom is 0.348 e. The van der Waals surface area contributed by atoms with E-state index < -0.39 is 5.97 Å². The second-order valence-corrected chi connectivity index (χ2v) is 6.57. The second-order valence-electron chi connectivity index (χ2n) is 5.30. The van der Waals surface area contributed by atoms with Crippen LogP contribution in [0.15, 0.2) is 65.3 Å². The van der Waals surface area contributed by atoms with E-state index in [-0.39, 0.29) is 11.9 Å². The lowest BCUT2D eigenvalue weighted by Gasteiger charge is -2.24. The minimum atomic E-state index is -0.422. The number of esters is 1. The summed E-state index contributed by atoms with van der Waals surface area (Å²) in [5, 5.41) is 9.86. The summed E-state index contributed by atoms with van der Waals surface area (Å²) in [4.78, 5) is 12.1. The number of aliphatic hydroxyl groups is 1. The molecule has 3 aliphatic rings. The van der Waals surface area contributed by atoms with Crippen molar-refractivity contribution in [2.45, 2.75) is 19.4 Å². The third-order valence-corrected chi connectivity index (χ3v) is 4.63. The summed E-state index contributed by atoms with van der Waals surface area (Å²) in [7, 11) is 0. The summed E-state index contributed by atoms with van der Waals surface area (Å²) in [6.45, 7) is 1.93. The van der Waals surface area contributed by atoms with Crippen LogP contribution in [0, 0.1) is 0 Å². The quantitative estimate of drug-likeness (QED) is 0.698. The molecule has 0 fully saturated rings. The van der Waals surface area contributed by atoms with Gasteiger partial charge in [0, 0.05) is 6.42 Å². The summed E-state index contributed by atoms with van der Waals surface area (Å²) in [6, 6.07) is 17.9. The Morgan fingerprint density at radius 2 is 1.83 bits per heavy atom. The highest BCUT2D eigenvalue weighted by Gasteiger charge is 2.29. The molecule has 0 saturated heterocycles. The Kier molecular flexibility index (Phi) is 4.72. The van der Waals surface area contributed by atoms with E-state index in [4.69, 9.17) is 4.74 Å². The molecule has 1 aromatic carbocycles. The van der Waals surface area contributed by atoms with Crippen LogP contribution in [0.1, 0.15) is 25.0 Å². The molecule has 4 heteroatoms. The first-order valence-electron chi connectivity index (χ1n) is 7.60. The molecule has 1 aromatic rings. The molecule has 1 heterocycles. The molecule has 2 aliphatic carbocycles. The number of hydrogen-bond acceptors (Lipinski definition) is 4. The summed E-state index contributed by atoms with van der Waals surface area (Å²) in [5.74, 6) is 0.459. The smallest absolute Gasteiger partial charge is 0.348 e. The minimum absolute atomic E-state index is 0.141. The van der Waals surface area contributed by atoms with Crippen molar-refractivity contribution >= 4 is 17.7 Å². The van der Waals surface area contributed by atoms with E-state index in [2.05, 4.69) is 24.3 Å². The zero-order valence-corrected chi connectivity index (χ0v) is 13.7. The summed E-state index contributed by atoms with van der Waals surface area (Å²) < 4.78 is 5.33. The number of ether oxygens (including phenoxy) is 1. The molecular weight excluding hydrogens is 308 g/mol. The molecule has 1 atom stereocenters. The van der Waals surface area contributed by atoms with Gasteiger partial charge in [-0.3, -0.25) is 0 Å². The van der Waals surface area contributed by atoms with Crippen LogP contribution in [-0.2, 0) is 9.53 Å². The fraction of sp³-hybridized carbons (Fsp3) is 0.211. The number of aliphatic hydroxyl groups excluding tert-OH is 1. The van der Waals surface area contributed by atoms with Gasteiger partial charge in [-0.15, -0.1) is 11.8 Å². The van der Waals surface area contributed by atoms with E-state index in [0.29, 0.717) is 11.3 Å². The topological polar surface area (TPSA) is 46.5 Å². The molecular formula is C19H18O3S. The Bertz CT molecular complexity index is 720. The van der Waals surface area contributed by atoms with Gasteiger partial charge in [-0.2, -0.15) is 0 Å². The lowest BCUT2D eigenvalue weighted by atomic mass is 10.0. The van der Waals surface area contributed by atoms with Crippen LogP contribution >= 0.6 is 11.8 Å². The SMILES string of the molecule is CCSC1=C(O)CC(c2ccccc2)OC1=O.c1cc2cc-2c1. The van der Waals surface area contributed by atoms with Gasteiger partial charge in [-0.1, -0.05) is 55.5 Å². The molecule has 0 aromatic heterocycles. The van der Waals surface area contributed by atoms with Gasteiger partial charge in [0.05, 0.1) is 0 Å². The number of rotatable bonds is 3. The molecule has 4 rings (SSSR count). The van der Waals surface area contributed by atoms with Crippen LogP contribution in [0.2, 0.25) is 0 Å². The van der Waals surface area contributed by atoms with Crippen molar-refractivity contribution in [3.8, 4) is 11.1 Å². The maximum atomic E-state index is 11.7. The van der Waals surface area contributed by atoms with Gasteiger partial charge in [-0.25, -0.2) is 4.79 Å². The van der Waals surface area contributed by atoms with E-state index in [1.807, 2.05) is 37.3 Å². The van der Waals surface area contributed by atoms with E-state index in [1.165, 1.54) is 22.9 Å². The third-order valence-electron chi connectivity index (χ3n) is 3.65. The predicted octanol–water partition coefficient (Wildman–Crippen LogP) is 4.86. The number of cyclic esters (lactones) is 1. The van der Waals surface area contributed by atoms with Crippen molar-refractivity contribution in [1.82, 2.24) is 0 Å². The van der Waals surface area contributed by atoms with Gasteiger partial charge >= 0.3 is 5.97 Å². The maximum absolute atomic E-state index is 11.7. The normalized spacial score (nSPS) is 18.0. The minimum Gasteiger partial charge on any atom is -0.511 e.